The summed E-state index contributed by atoms with van der Waals surface area (Å²) in [4.78, 5) is 9.26. The first-order chi connectivity index (χ1) is 11.0. The van der Waals surface area contributed by atoms with E-state index in [0.717, 1.165) is 26.3 Å². The Hall–Kier alpha value is -2.25. The van der Waals surface area contributed by atoms with E-state index in [4.69, 9.17) is 5.73 Å². The molecule has 3 rings (SSSR count). The summed E-state index contributed by atoms with van der Waals surface area (Å²) in [6.07, 6.45) is 1.72. The molecule has 0 atom stereocenters. The van der Waals surface area contributed by atoms with E-state index in [9.17, 15) is 4.39 Å². The maximum atomic E-state index is 12.9. The molecule has 7 heteroatoms. The maximum absolute atomic E-state index is 12.9. The van der Waals surface area contributed by atoms with E-state index < -0.39 is 0 Å². The smallest absolute Gasteiger partial charge is 0.189 e. The number of anilines is 3. The van der Waals surface area contributed by atoms with Crippen LogP contribution in [-0.4, -0.2) is 9.97 Å². The molecule has 1 aromatic carbocycles. The number of nitrogens with zero attached hydrogens (tertiary/aromatic N) is 2. The first kappa shape index (κ1) is 15.6. The molecule has 0 unspecified atom stereocenters. The third-order valence-electron chi connectivity index (χ3n) is 3.10. The number of pyridine rings is 1. The Balaban J connectivity index is 1.84. The number of hydrogen-bond acceptors (Lipinski definition) is 5. The Kier molecular flexibility index (Phi) is 4.40. The third kappa shape index (κ3) is 3.57. The van der Waals surface area contributed by atoms with Gasteiger partial charge in [-0.25, -0.2) is 14.4 Å². The average molecular weight is 391 g/mol. The predicted octanol–water partition coefficient (Wildman–Crippen LogP) is 4.83. The van der Waals surface area contributed by atoms with Crippen LogP contribution in [0, 0.1) is 5.82 Å². The highest BCUT2D eigenvalue weighted by atomic mass is 79.9. The van der Waals surface area contributed by atoms with Gasteiger partial charge in [-0.1, -0.05) is 24.0 Å². The van der Waals surface area contributed by atoms with E-state index in [2.05, 4.69) is 37.8 Å². The Bertz CT molecular complexity index is 844. The normalized spacial score (nSPS) is 10.5. The van der Waals surface area contributed by atoms with Crippen LogP contribution in [0.1, 0.15) is 10.4 Å². The molecule has 0 aliphatic heterocycles. The minimum atomic E-state index is -0.286. The van der Waals surface area contributed by atoms with Gasteiger partial charge in [0.2, 0.25) is 0 Å². The van der Waals surface area contributed by atoms with Crippen molar-refractivity contribution in [3.05, 3.63) is 70.0 Å². The van der Waals surface area contributed by atoms with Crippen molar-refractivity contribution in [1.29, 1.82) is 0 Å². The van der Waals surface area contributed by atoms with Gasteiger partial charge in [0.1, 0.15) is 16.2 Å². The number of thiazole rings is 1. The summed E-state index contributed by atoms with van der Waals surface area (Å²) in [7, 11) is 0. The molecule has 23 heavy (non-hydrogen) atoms. The van der Waals surface area contributed by atoms with Crippen molar-refractivity contribution in [2.45, 2.75) is 0 Å². The highest BCUT2D eigenvalue weighted by Crippen LogP contribution is 2.35. The first-order valence-electron chi connectivity index (χ1n) is 6.63. The third-order valence-corrected chi connectivity index (χ3v) is 4.61. The van der Waals surface area contributed by atoms with E-state index in [1.807, 2.05) is 12.1 Å². The number of hydrogen-bond donors (Lipinski definition) is 2. The Morgan fingerprint density at radius 2 is 1.96 bits per heavy atom. The van der Waals surface area contributed by atoms with Crippen molar-refractivity contribution in [1.82, 2.24) is 9.97 Å². The molecule has 4 nitrogen and oxygen atoms in total. The fraction of sp³-hybridized carbons (Fsp3) is 0. The molecule has 0 amide bonds. The second-order valence-electron chi connectivity index (χ2n) is 4.71. The zero-order chi connectivity index (χ0) is 16.4. The number of nitrogens with two attached hydrogens (primary N) is 1. The summed E-state index contributed by atoms with van der Waals surface area (Å²) in [6, 6.07) is 9.79. The monoisotopic (exact) mass is 390 g/mol. The van der Waals surface area contributed by atoms with Crippen molar-refractivity contribution in [3.63, 3.8) is 0 Å². The lowest BCUT2D eigenvalue weighted by Crippen LogP contribution is -1.93. The topological polar surface area (TPSA) is 63.8 Å². The van der Waals surface area contributed by atoms with Gasteiger partial charge in [-0.15, -0.1) is 0 Å². The van der Waals surface area contributed by atoms with Gasteiger partial charge in [-0.2, -0.15) is 0 Å². The van der Waals surface area contributed by atoms with Crippen LogP contribution in [-0.2, 0) is 0 Å². The number of benzene rings is 1. The van der Waals surface area contributed by atoms with Crippen LogP contribution in [0.2, 0.25) is 0 Å². The maximum Gasteiger partial charge on any atom is 0.189 e. The molecule has 3 N–H and O–H groups in total. The van der Waals surface area contributed by atoms with E-state index in [0.29, 0.717) is 10.9 Å². The molecule has 2 aromatic heterocycles. The lowest BCUT2D eigenvalue weighted by Gasteiger charge is -2.03. The van der Waals surface area contributed by atoms with Gasteiger partial charge >= 0.3 is 0 Å². The van der Waals surface area contributed by atoms with Crippen LogP contribution < -0.4 is 11.1 Å². The Morgan fingerprint density at radius 3 is 2.61 bits per heavy atom. The molecule has 0 saturated carbocycles. The van der Waals surface area contributed by atoms with E-state index in [1.165, 1.54) is 23.5 Å². The van der Waals surface area contributed by atoms with Crippen LogP contribution in [0.15, 0.2) is 53.8 Å². The summed E-state index contributed by atoms with van der Waals surface area (Å²) in [5.74, 6) is 0.110. The van der Waals surface area contributed by atoms with Crippen LogP contribution in [0.5, 0.6) is 0 Å². The molecule has 0 radical (unpaired) electrons. The molecule has 0 fully saturated rings. The lowest BCUT2D eigenvalue weighted by molar-refractivity contribution is 0.628. The quantitative estimate of drug-likeness (QED) is 0.626. The largest absolute Gasteiger partial charge is 0.382 e. The number of rotatable bonds is 4. The minimum Gasteiger partial charge on any atom is -0.382 e. The van der Waals surface area contributed by atoms with E-state index in [1.54, 1.807) is 18.3 Å². The van der Waals surface area contributed by atoms with Gasteiger partial charge < -0.3 is 11.1 Å². The lowest BCUT2D eigenvalue weighted by atomic mass is 10.1. The molecule has 0 aliphatic carbocycles. The molecule has 0 aliphatic rings. The van der Waals surface area contributed by atoms with E-state index >= 15 is 0 Å². The molecule has 116 valence electrons. The number of nitrogen functional groups attached to an aromatic ring is 1. The summed E-state index contributed by atoms with van der Waals surface area (Å²) < 4.78 is 13.7. The van der Waals surface area contributed by atoms with E-state index in [-0.39, 0.29) is 5.82 Å². The van der Waals surface area contributed by atoms with Crippen molar-refractivity contribution < 1.29 is 4.39 Å². The van der Waals surface area contributed by atoms with Crippen molar-refractivity contribution in [3.8, 4) is 0 Å². The standard InChI is InChI=1S/C16H12BrFN4S/c1-9(10-2-7-13(17)20-8-10)14-15(19)22-16(23-14)21-12-5-3-11(18)4-6-12/h2-8H,1,19H2,(H,21,22). The highest BCUT2D eigenvalue weighted by Gasteiger charge is 2.13. The molecule has 0 saturated heterocycles. The number of nitrogens with one attached hydrogen (secondary N) is 1. The SMILES string of the molecule is C=C(c1ccc(Br)nc1)c1sc(Nc2ccc(F)cc2)nc1N. The zero-order valence-electron chi connectivity index (χ0n) is 11.9. The van der Waals surface area contributed by atoms with Crippen molar-refractivity contribution in [2.75, 3.05) is 11.1 Å². The Morgan fingerprint density at radius 1 is 1.22 bits per heavy atom. The summed E-state index contributed by atoms with van der Waals surface area (Å²) in [5.41, 5.74) is 8.36. The second kappa shape index (κ2) is 6.47. The van der Waals surface area contributed by atoms with Crippen LogP contribution in [0.3, 0.4) is 0 Å². The van der Waals surface area contributed by atoms with Gasteiger partial charge in [0, 0.05) is 17.4 Å². The first-order valence-corrected chi connectivity index (χ1v) is 8.24. The molecular weight excluding hydrogens is 379 g/mol. The van der Waals surface area contributed by atoms with Crippen molar-refractivity contribution in [2.24, 2.45) is 0 Å². The predicted molar refractivity (Wildman–Crippen MR) is 96.3 cm³/mol. The number of halogens is 2. The van der Waals surface area contributed by atoms with Gasteiger partial charge in [0.15, 0.2) is 5.13 Å². The molecule has 2 heterocycles. The highest BCUT2D eigenvalue weighted by molar-refractivity contribution is 9.10. The fourth-order valence-electron chi connectivity index (χ4n) is 1.94. The summed E-state index contributed by atoms with van der Waals surface area (Å²) in [5, 5.41) is 3.72. The average Bonchev–Trinajstić information content (AvgIpc) is 2.90. The zero-order valence-corrected chi connectivity index (χ0v) is 14.3. The minimum absolute atomic E-state index is 0.286. The van der Waals surface area contributed by atoms with Crippen LogP contribution in [0.4, 0.5) is 21.0 Å². The van der Waals surface area contributed by atoms with Crippen LogP contribution in [0.25, 0.3) is 5.57 Å². The summed E-state index contributed by atoms with van der Waals surface area (Å²) in [6.45, 7) is 4.08. The van der Waals surface area contributed by atoms with Gasteiger partial charge in [-0.05, 0) is 51.8 Å². The van der Waals surface area contributed by atoms with Gasteiger partial charge in [0.25, 0.3) is 0 Å². The molecule has 0 spiro atoms. The van der Waals surface area contributed by atoms with Gasteiger partial charge in [-0.3, -0.25) is 0 Å². The molecule has 3 aromatic rings. The van der Waals surface area contributed by atoms with Gasteiger partial charge in [0.05, 0.1) is 4.88 Å². The fourth-order valence-corrected chi connectivity index (χ4v) is 3.08. The Labute approximate surface area is 145 Å². The summed E-state index contributed by atoms with van der Waals surface area (Å²) >= 11 is 4.69. The number of aromatic nitrogens is 2. The second-order valence-corrected chi connectivity index (χ2v) is 6.52. The van der Waals surface area contributed by atoms with Crippen molar-refractivity contribution >= 4 is 49.5 Å². The molecule has 0 bridgehead atoms. The molecular formula is C16H12BrFN4S. The van der Waals surface area contributed by atoms with Crippen LogP contribution >= 0.6 is 27.3 Å².